The summed E-state index contributed by atoms with van der Waals surface area (Å²) >= 11 is 0. The highest BCUT2D eigenvalue weighted by Crippen LogP contribution is 2.37. The van der Waals surface area contributed by atoms with Crippen LogP contribution in [0, 0.1) is 6.92 Å². The summed E-state index contributed by atoms with van der Waals surface area (Å²) in [7, 11) is 1.78. The lowest BCUT2D eigenvalue weighted by atomic mass is 9.75. The second-order valence-electron chi connectivity index (χ2n) is 5.51. The smallest absolute Gasteiger partial charge is 0.0615 e. The van der Waals surface area contributed by atoms with Crippen molar-refractivity contribution in [1.29, 1.82) is 0 Å². The highest BCUT2D eigenvalue weighted by molar-refractivity contribution is 5.27. The summed E-state index contributed by atoms with van der Waals surface area (Å²) in [5.41, 5.74) is 2.88. The van der Waals surface area contributed by atoms with E-state index in [4.69, 9.17) is 4.74 Å². The van der Waals surface area contributed by atoms with Gasteiger partial charge in [-0.1, -0.05) is 36.8 Å². The summed E-state index contributed by atoms with van der Waals surface area (Å²) in [5, 5.41) is 3.69. The summed E-state index contributed by atoms with van der Waals surface area (Å²) in [6, 6.07) is 10.1. The number of hydrogen-bond donors (Lipinski definition) is 1. The number of nitrogens with one attached hydrogen (secondary N) is 1. The van der Waals surface area contributed by atoms with Gasteiger partial charge in [0.25, 0.3) is 0 Å². The molecule has 0 heterocycles. The van der Waals surface area contributed by atoms with E-state index in [-0.39, 0.29) is 0 Å². The third kappa shape index (κ3) is 3.33. The molecule has 2 nitrogen and oxygen atoms in total. The zero-order chi connectivity index (χ0) is 13.0. The molecule has 1 unspecified atom stereocenters. The van der Waals surface area contributed by atoms with Crippen molar-refractivity contribution >= 4 is 0 Å². The summed E-state index contributed by atoms with van der Waals surface area (Å²) in [6.07, 6.45) is 3.67. The number of benzene rings is 1. The van der Waals surface area contributed by atoms with Crippen molar-refractivity contribution in [1.82, 2.24) is 5.32 Å². The zero-order valence-corrected chi connectivity index (χ0v) is 11.8. The van der Waals surface area contributed by atoms with Gasteiger partial charge in [-0.15, -0.1) is 0 Å². The first-order valence-corrected chi connectivity index (χ1v) is 7.04. The molecule has 18 heavy (non-hydrogen) atoms. The molecule has 2 rings (SSSR count). The molecule has 1 N–H and O–H groups in total. The van der Waals surface area contributed by atoms with Gasteiger partial charge in [-0.05, 0) is 37.7 Å². The lowest BCUT2D eigenvalue weighted by molar-refractivity contribution is 0.144. The average molecular weight is 247 g/mol. The topological polar surface area (TPSA) is 21.3 Å². The van der Waals surface area contributed by atoms with Crippen molar-refractivity contribution in [3.63, 3.8) is 0 Å². The Labute approximate surface area is 111 Å². The zero-order valence-electron chi connectivity index (χ0n) is 11.8. The molecule has 0 radical (unpaired) electrons. The van der Waals surface area contributed by atoms with E-state index < -0.39 is 0 Å². The predicted octanol–water partition coefficient (Wildman–Crippen LogP) is 3.26. The van der Waals surface area contributed by atoms with Gasteiger partial charge in [0.2, 0.25) is 0 Å². The first-order chi connectivity index (χ1) is 8.72. The quantitative estimate of drug-likeness (QED) is 0.833. The van der Waals surface area contributed by atoms with Crippen LogP contribution in [0.25, 0.3) is 0 Å². The largest absolute Gasteiger partial charge is 0.383 e. The first kappa shape index (κ1) is 13.6. The molecule has 1 aliphatic rings. The maximum Gasteiger partial charge on any atom is 0.0615 e. The van der Waals surface area contributed by atoms with Crippen LogP contribution in [0.1, 0.15) is 43.2 Å². The van der Waals surface area contributed by atoms with E-state index in [1.807, 2.05) is 0 Å². The Morgan fingerprint density at radius 3 is 2.78 bits per heavy atom. The fourth-order valence-electron chi connectivity index (χ4n) is 2.77. The Morgan fingerprint density at radius 1 is 1.39 bits per heavy atom. The minimum Gasteiger partial charge on any atom is -0.383 e. The van der Waals surface area contributed by atoms with Crippen LogP contribution in [0.4, 0.5) is 0 Å². The Morgan fingerprint density at radius 2 is 2.17 bits per heavy atom. The van der Waals surface area contributed by atoms with Crippen LogP contribution in [0.2, 0.25) is 0 Å². The monoisotopic (exact) mass is 247 g/mol. The van der Waals surface area contributed by atoms with Gasteiger partial charge >= 0.3 is 0 Å². The molecule has 1 aliphatic carbocycles. The standard InChI is InChI=1S/C16H25NO/c1-4-15(11-18-3)17-16-9-14(10-16)13-7-5-6-12(2)8-13/h5-8,14-17H,4,9-11H2,1-3H3. The molecule has 1 atom stereocenters. The molecule has 0 saturated heterocycles. The molecule has 2 heteroatoms. The SMILES string of the molecule is CCC(COC)NC1CC(c2cccc(C)c2)C1. The van der Waals surface area contributed by atoms with Gasteiger partial charge in [0.15, 0.2) is 0 Å². The van der Waals surface area contributed by atoms with Crippen LogP contribution in [-0.4, -0.2) is 25.8 Å². The fraction of sp³-hybridized carbons (Fsp3) is 0.625. The van der Waals surface area contributed by atoms with Crippen molar-refractivity contribution in [2.45, 2.75) is 51.1 Å². The summed E-state index contributed by atoms with van der Waals surface area (Å²) in [5.74, 6) is 0.752. The number of ether oxygens (including phenoxy) is 1. The molecule has 1 aromatic carbocycles. The van der Waals surface area contributed by atoms with E-state index >= 15 is 0 Å². The lowest BCUT2D eigenvalue weighted by Crippen LogP contribution is -2.46. The average Bonchev–Trinajstić information content (AvgIpc) is 2.31. The fourth-order valence-corrected chi connectivity index (χ4v) is 2.77. The van der Waals surface area contributed by atoms with Gasteiger partial charge in [0.05, 0.1) is 6.61 Å². The Kier molecular flexibility index (Phi) is 4.79. The van der Waals surface area contributed by atoms with Gasteiger partial charge in [0.1, 0.15) is 0 Å². The molecule has 0 amide bonds. The summed E-state index contributed by atoms with van der Waals surface area (Å²) < 4.78 is 5.23. The second kappa shape index (κ2) is 6.35. The van der Waals surface area contributed by atoms with Crippen LogP contribution >= 0.6 is 0 Å². The van der Waals surface area contributed by atoms with Gasteiger partial charge in [-0.3, -0.25) is 0 Å². The van der Waals surface area contributed by atoms with E-state index in [9.17, 15) is 0 Å². The summed E-state index contributed by atoms with van der Waals surface area (Å²) in [6.45, 7) is 5.21. The second-order valence-corrected chi connectivity index (χ2v) is 5.51. The molecular weight excluding hydrogens is 222 g/mol. The third-order valence-corrected chi connectivity index (χ3v) is 3.98. The Hall–Kier alpha value is -0.860. The number of hydrogen-bond acceptors (Lipinski definition) is 2. The van der Waals surface area contributed by atoms with Crippen molar-refractivity contribution in [2.24, 2.45) is 0 Å². The first-order valence-electron chi connectivity index (χ1n) is 7.04. The number of aryl methyl sites for hydroxylation is 1. The van der Waals surface area contributed by atoms with E-state index in [1.165, 1.54) is 24.0 Å². The molecule has 1 saturated carbocycles. The van der Waals surface area contributed by atoms with Crippen molar-refractivity contribution < 1.29 is 4.74 Å². The molecular formula is C16H25NO. The molecule has 1 aromatic rings. The van der Waals surface area contributed by atoms with Gasteiger partial charge in [-0.2, -0.15) is 0 Å². The third-order valence-electron chi connectivity index (χ3n) is 3.98. The molecule has 1 fully saturated rings. The minimum absolute atomic E-state index is 0.512. The van der Waals surface area contributed by atoms with Crippen molar-refractivity contribution in [3.8, 4) is 0 Å². The molecule has 0 aromatic heterocycles. The maximum absolute atomic E-state index is 5.23. The highest BCUT2D eigenvalue weighted by Gasteiger charge is 2.31. The van der Waals surface area contributed by atoms with Crippen LogP contribution in [0.5, 0.6) is 0 Å². The molecule has 0 aliphatic heterocycles. The van der Waals surface area contributed by atoms with E-state index in [0.29, 0.717) is 12.1 Å². The van der Waals surface area contributed by atoms with Gasteiger partial charge < -0.3 is 10.1 Å². The Balaban J connectivity index is 1.80. The van der Waals surface area contributed by atoms with Crippen molar-refractivity contribution in [3.05, 3.63) is 35.4 Å². The normalized spacial score (nSPS) is 24.6. The predicted molar refractivity (Wildman–Crippen MR) is 76.0 cm³/mol. The van der Waals surface area contributed by atoms with E-state index in [1.54, 1.807) is 7.11 Å². The van der Waals surface area contributed by atoms with Crippen LogP contribution in [0.15, 0.2) is 24.3 Å². The summed E-state index contributed by atoms with van der Waals surface area (Å²) in [4.78, 5) is 0. The molecule has 0 bridgehead atoms. The van der Waals surface area contributed by atoms with Crippen molar-refractivity contribution in [2.75, 3.05) is 13.7 Å². The Bertz CT molecular complexity index is 371. The molecule has 0 spiro atoms. The van der Waals surface area contributed by atoms with Gasteiger partial charge in [0, 0.05) is 19.2 Å². The highest BCUT2D eigenvalue weighted by atomic mass is 16.5. The number of methoxy groups -OCH3 is 1. The number of rotatable bonds is 6. The minimum atomic E-state index is 0.512. The van der Waals surface area contributed by atoms with Crippen LogP contribution in [0.3, 0.4) is 0 Å². The van der Waals surface area contributed by atoms with E-state index in [2.05, 4.69) is 43.4 Å². The van der Waals surface area contributed by atoms with Gasteiger partial charge in [-0.25, -0.2) is 0 Å². The molecule has 100 valence electrons. The van der Waals surface area contributed by atoms with E-state index in [0.717, 1.165) is 18.9 Å². The lowest BCUT2D eigenvalue weighted by Gasteiger charge is -2.38. The van der Waals surface area contributed by atoms with Crippen LogP contribution in [-0.2, 0) is 4.74 Å². The maximum atomic E-state index is 5.23. The van der Waals surface area contributed by atoms with Crippen LogP contribution < -0.4 is 5.32 Å².